The molecule has 0 spiro atoms. The third-order valence-corrected chi connectivity index (χ3v) is 4.27. The van der Waals surface area contributed by atoms with Crippen molar-refractivity contribution in [2.75, 3.05) is 10.6 Å². The lowest BCUT2D eigenvalue weighted by Gasteiger charge is -2.22. The van der Waals surface area contributed by atoms with Crippen LogP contribution in [0.15, 0.2) is 84.9 Å². The van der Waals surface area contributed by atoms with E-state index in [1.807, 2.05) is 12.1 Å². The van der Waals surface area contributed by atoms with E-state index in [4.69, 9.17) is 0 Å². The van der Waals surface area contributed by atoms with Crippen molar-refractivity contribution in [3.63, 3.8) is 0 Å². The maximum Gasteiger partial charge on any atom is 0.0580 e. The molecule has 0 fully saturated rings. The quantitative estimate of drug-likeness (QED) is 0.580. The van der Waals surface area contributed by atoms with Gasteiger partial charge in [0.2, 0.25) is 0 Å². The van der Waals surface area contributed by atoms with Crippen molar-refractivity contribution < 1.29 is 0 Å². The molecule has 0 amide bonds. The van der Waals surface area contributed by atoms with Crippen molar-refractivity contribution in [2.45, 2.75) is 25.9 Å². The van der Waals surface area contributed by atoms with E-state index in [1.54, 1.807) is 0 Å². The third kappa shape index (κ3) is 3.96. The van der Waals surface area contributed by atoms with E-state index in [2.05, 4.69) is 97.3 Å². The lowest BCUT2D eigenvalue weighted by molar-refractivity contribution is 0.869. The molecule has 2 atom stereocenters. The monoisotopic (exact) mass is 316 g/mol. The standard InChI is InChI=1S/C22H24N2/c1-17(19-11-5-3-6-12-19)23-21-15-9-10-16-22(21)24-18(2)20-13-7-4-8-14-20/h3-18,23-24H,1-2H3/t17-,18-/m1/s1. The molecule has 0 saturated carbocycles. The summed E-state index contributed by atoms with van der Waals surface area (Å²) in [5, 5.41) is 7.24. The van der Waals surface area contributed by atoms with Crippen LogP contribution >= 0.6 is 0 Å². The molecule has 0 radical (unpaired) electrons. The minimum absolute atomic E-state index is 0.251. The Labute approximate surface area is 144 Å². The van der Waals surface area contributed by atoms with Crippen LogP contribution in [0.2, 0.25) is 0 Å². The maximum absolute atomic E-state index is 3.62. The molecule has 0 aliphatic rings. The zero-order valence-electron chi connectivity index (χ0n) is 14.2. The highest BCUT2D eigenvalue weighted by Gasteiger charge is 2.10. The first-order valence-corrected chi connectivity index (χ1v) is 8.46. The maximum atomic E-state index is 3.62. The summed E-state index contributed by atoms with van der Waals surface area (Å²) in [6, 6.07) is 29.9. The summed E-state index contributed by atoms with van der Waals surface area (Å²) in [5.41, 5.74) is 4.81. The molecule has 0 aliphatic carbocycles. The van der Waals surface area contributed by atoms with E-state index in [0.717, 1.165) is 11.4 Å². The molecule has 0 bridgehead atoms. The van der Waals surface area contributed by atoms with Gasteiger partial charge in [-0.05, 0) is 37.1 Å². The highest BCUT2D eigenvalue weighted by atomic mass is 15.0. The fourth-order valence-electron chi connectivity index (χ4n) is 2.85. The first-order chi connectivity index (χ1) is 11.7. The number of anilines is 2. The van der Waals surface area contributed by atoms with Crippen molar-refractivity contribution in [1.82, 2.24) is 0 Å². The summed E-state index contributed by atoms with van der Waals surface area (Å²) in [4.78, 5) is 0. The van der Waals surface area contributed by atoms with Gasteiger partial charge in [0, 0.05) is 12.1 Å². The van der Waals surface area contributed by atoms with Crippen LogP contribution in [-0.4, -0.2) is 0 Å². The summed E-state index contributed by atoms with van der Waals surface area (Å²) in [5.74, 6) is 0. The molecule has 0 heterocycles. The smallest absolute Gasteiger partial charge is 0.0580 e. The number of hydrogen-bond donors (Lipinski definition) is 2. The SMILES string of the molecule is C[C@@H](Nc1ccccc1N[C@H](C)c1ccccc1)c1ccccc1. The Kier molecular flexibility index (Phi) is 5.17. The molecule has 2 nitrogen and oxygen atoms in total. The van der Waals surface area contributed by atoms with Crippen molar-refractivity contribution in [2.24, 2.45) is 0 Å². The van der Waals surface area contributed by atoms with Gasteiger partial charge in [0.25, 0.3) is 0 Å². The average Bonchev–Trinajstić information content (AvgIpc) is 2.64. The van der Waals surface area contributed by atoms with Gasteiger partial charge in [-0.2, -0.15) is 0 Å². The molecular formula is C22H24N2. The number of hydrogen-bond acceptors (Lipinski definition) is 2. The highest BCUT2D eigenvalue weighted by molar-refractivity contribution is 5.69. The summed E-state index contributed by atoms with van der Waals surface area (Å²) < 4.78 is 0. The van der Waals surface area contributed by atoms with Gasteiger partial charge in [-0.3, -0.25) is 0 Å². The molecule has 0 unspecified atom stereocenters. The van der Waals surface area contributed by atoms with Crippen LogP contribution in [0.3, 0.4) is 0 Å². The van der Waals surface area contributed by atoms with Crippen LogP contribution in [0.5, 0.6) is 0 Å². The van der Waals surface area contributed by atoms with Crippen LogP contribution in [0.4, 0.5) is 11.4 Å². The van der Waals surface area contributed by atoms with Gasteiger partial charge in [0.15, 0.2) is 0 Å². The number of benzene rings is 3. The van der Waals surface area contributed by atoms with Crippen molar-refractivity contribution in [3.8, 4) is 0 Å². The van der Waals surface area contributed by atoms with E-state index >= 15 is 0 Å². The molecule has 24 heavy (non-hydrogen) atoms. The number of rotatable bonds is 6. The molecule has 0 aromatic heterocycles. The lowest BCUT2D eigenvalue weighted by atomic mass is 10.1. The van der Waals surface area contributed by atoms with E-state index in [0.29, 0.717) is 0 Å². The predicted octanol–water partition coefficient (Wildman–Crippen LogP) is 6.03. The van der Waals surface area contributed by atoms with E-state index < -0.39 is 0 Å². The molecule has 2 N–H and O–H groups in total. The second-order valence-corrected chi connectivity index (χ2v) is 6.10. The van der Waals surface area contributed by atoms with Gasteiger partial charge < -0.3 is 10.6 Å². The predicted molar refractivity (Wildman–Crippen MR) is 103 cm³/mol. The summed E-state index contributed by atoms with van der Waals surface area (Å²) in [6.45, 7) is 4.37. The minimum atomic E-state index is 0.251. The second-order valence-electron chi connectivity index (χ2n) is 6.10. The first kappa shape index (κ1) is 16.1. The van der Waals surface area contributed by atoms with Crippen molar-refractivity contribution in [3.05, 3.63) is 96.1 Å². The molecular weight excluding hydrogens is 292 g/mol. The van der Waals surface area contributed by atoms with Crippen LogP contribution in [0, 0.1) is 0 Å². The normalized spacial score (nSPS) is 13.1. The van der Waals surface area contributed by atoms with Gasteiger partial charge in [0.1, 0.15) is 0 Å². The van der Waals surface area contributed by atoms with Crippen LogP contribution < -0.4 is 10.6 Å². The molecule has 0 aliphatic heterocycles. The Bertz CT molecular complexity index is 687. The Morgan fingerprint density at radius 2 is 0.833 bits per heavy atom. The van der Waals surface area contributed by atoms with Crippen molar-refractivity contribution >= 4 is 11.4 Å². The zero-order chi connectivity index (χ0) is 16.8. The van der Waals surface area contributed by atoms with Crippen LogP contribution in [0.1, 0.15) is 37.1 Å². The highest BCUT2D eigenvalue weighted by Crippen LogP contribution is 2.29. The van der Waals surface area contributed by atoms with E-state index in [-0.39, 0.29) is 12.1 Å². The minimum Gasteiger partial charge on any atom is -0.377 e. The topological polar surface area (TPSA) is 24.1 Å². The largest absolute Gasteiger partial charge is 0.377 e. The first-order valence-electron chi connectivity index (χ1n) is 8.46. The van der Waals surface area contributed by atoms with Gasteiger partial charge in [-0.15, -0.1) is 0 Å². The summed E-state index contributed by atoms with van der Waals surface area (Å²) >= 11 is 0. The number of para-hydroxylation sites is 2. The fourth-order valence-corrected chi connectivity index (χ4v) is 2.85. The van der Waals surface area contributed by atoms with E-state index in [1.165, 1.54) is 11.1 Å². The van der Waals surface area contributed by atoms with Gasteiger partial charge in [-0.1, -0.05) is 72.8 Å². The second kappa shape index (κ2) is 7.69. The van der Waals surface area contributed by atoms with Gasteiger partial charge in [0.05, 0.1) is 11.4 Å². The molecule has 2 heteroatoms. The zero-order valence-corrected chi connectivity index (χ0v) is 14.2. The van der Waals surface area contributed by atoms with E-state index in [9.17, 15) is 0 Å². The summed E-state index contributed by atoms with van der Waals surface area (Å²) in [6.07, 6.45) is 0. The fraction of sp³-hybridized carbons (Fsp3) is 0.182. The van der Waals surface area contributed by atoms with Crippen molar-refractivity contribution in [1.29, 1.82) is 0 Å². The Hall–Kier alpha value is -2.74. The van der Waals surface area contributed by atoms with Gasteiger partial charge in [-0.25, -0.2) is 0 Å². The van der Waals surface area contributed by atoms with Gasteiger partial charge >= 0.3 is 0 Å². The lowest BCUT2D eigenvalue weighted by Crippen LogP contribution is -2.11. The Morgan fingerprint density at radius 3 is 1.21 bits per heavy atom. The number of nitrogens with one attached hydrogen (secondary N) is 2. The molecule has 3 aromatic carbocycles. The molecule has 3 aromatic rings. The average molecular weight is 316 g/mol. The Morgan fingerprint density at radius 1 is 0.500 bits per heavy atom. The third-order valence-electron chi connectivity index (χ3n) is 4.27. The molecule has 122 valence electrons. The molecule has 3 rings (SSSR count). The molecule has 0 saturated heterocycles. The van der Waals surface area contributed by atoms with Crippen LogP contribution in [-0.2, 0) is 0 Å². The Balaban J connectivity index is 1.76. The van der Waals surface area contributed by atoms with Crippen LogP contribution in [0.25, 0.3) is 0 Å². The summed E-state index contributed by atoms with van der Waals surface area (Å²) in [7, 11) is 0.